The fourth-order valence-electron chi connectivity index (χ4n) is 1.62. The molecule has 0 unspecified atom stereocenters. The highest BCUT2D eigenvalue weighted by molar-refractivity contribution is 5.42. The van der Waals surface area contributed by atoms with Gasteiger partial charge in [0.1, 0.15) is 0 Å². The van der Waals surface area contributed by atoms with Crippen molar-refractivity contribution in [1.29, 1.82) is 5.26 Å². The van der Waals surface area contributed by atoms with E-state index < -0.39 is 0 Å². The van der Waals surface area contributed by atoms with Crippen LogP contribution in [-0.4, -0.2) is 0 Å². The maximum absolute atomic E-state index is 8.70. The first kappa shape index (κ1) is 8.80. The van der Waals surface area contributed by atoms with Crippen LogP contribution in [0.4, 0.5) is 0 Å². The summed E-state index contributed by atoms with van der Waals surface area (Å²) < 4.78 is 0. The minimum absolute atomic E-state index is 0.766. The topological polar surface area (TPSA) is 23.8 Å². The Morgan fingerprint density at radius 3 is 2.08 bits per heavy atom. The minimum atomic E-state index is 0.766. The van der Waals surface area contributed by atoms with Crippen molar-refractivity contribution in [2.45, 2.75) is 27.2 Å². The van der Waals surface area contributed by atoms with Crippen molar-refractivity contribution in [3.8, 4) is 6.07 Å². The molecule has 0 aliphatic rings. The second-order valence-corrected chi connectivity index (χ2v) is 3.05. The highest BCUT2D eigenvalue weighted by Crippen LogP contribution is 2.16. The molecule has 12 heavy (non-hydrogen) atoms. The van der Waals surface area contributed by atoms with Gasteiger partial charge in [-0.1, -0.05) is 6.92 Å². The highest BCUT2D eigenvalue weighted by atomic mass is 14.2. The molecule has 1 aromatic rings. The predicted molar refractivity (Wildman–Crippen MR) is 50.0 cm³/mol. The fraction of sp³-hybridized carbons (Fsp3) is 0.364. The molecule has 0 atom stereocenters. The SMILES string of the molecule is CCc1c(C)cc(C#N)cc1C. The van der Waals surface area contributed by atoms with Gasteiger partial charge in [-0.25, -0.2) is 0 Å². The Kier molecular flexibility index (Phi) is 2.50. The van der Waals surface area contributed by atoms with Crippen molar-refractivity contribution >= 4 is 0 Å². The van der Waals surface area contributed by atoms with Crippen LogP contribution in [0.1, 0.15) is 29.2 Å². The van der Waals surface area contributed by atoms with E-state index in [9.17, 15) is 0 Å². The molecule has 1 nitrogen and oxygen atoms in total. The lowest BCUT2D eigenvalue weighted by Crippen LogP contribution is -1.92. The predicted octanol–water partition coefficient (Wildman–Crippen LogP) is 2.74. The third-order valence-corrected chi connectivity index (χ3v) is 2.18. The maximum atomic E-state index is 8.70. The summed E-state index contributed by atoms with van der Waals surface area (Å²) in [6.07, 6.45) is 1.05. The Balaban J connectivity index is 3.30. The van der Waals surface area contributed by atoms with Crippen LogP contribution in [0.15, 0.2) is 12.1 Å². The Morgan fingerprint density at radius 1 is 1.25 bits per heavy atom. The van der Waals surface area contributed by atoms with Gasteiger partial charge in [-0.3, -0.25) is 0 Å². The summed E-state index contributed by atoms with van der Waals surface area (Å²) in [7, 11) is 0. The van der Waals surface area contributed by atoms with Crippen molar-refractivity contribution < 1.29 is 0 Å². The van der Waals surface area contributed by atoms with Gasteiger partial charge in [-0.05, 0) is 49.1 Å². The van der Waals surface area contributed by atoms with Crippen LogP contribution >= 0.6 is 0 Å². The molecule has 0 spiro atoms. The van der Waals surface area contributed by atoms with Gasteiger partial charge < -0.3 is 0 Å². The molecular weight excluding hydrogens is 146 g/mol. The van der Waals surface area contributed by atoms with Crippen LogP contribution in [-0.2, 0) is 6.42 Å². The van der Waals surface area contributed by atoms with Gasteiger partial charge in [0.05, 0.1) is 11.6 Å². The van der Waals surface area contributed by atoms with Gasteiger partial charge in [0.25, 0.3) is 0 Å². The summed E-state index contributed by atoms with van der Waals surface area (Å²) in [4.78, 5) is 0. The van der Waals surface area contributed by atoms with E-state index in [1.807, 2.05) is 12.1 Å². The second kappa shape index (κ2) is 3.40. The van der Waals surface area contributed by atoms with Gasteiger partial charge in [0.15, 0.2) is 0 Å². The molecule has 1 heteroatoms. The molecule has 0 saturated carbocycles. The van der Waals surface area contributed by atoms with Gasteiger partial charge in [0.2, 0.25) is 0 Å². The normalized spacial score (nSPS) is 9.50. The van der Waals surface area contributed by atoms with E-state index in [4.69, 9.17) is 5.26 Å². The smallest absolute Gasteiger partial charge is 0.0991 e. The zero-order valence-electron chi connectivity index (χ0n) is 7.81. The maximum Gasteiger partial charge on any atom is 0.0991 e. The van der Waals surface area contributed by atoms with Crippen molar-refractivity contribution in [2.24, 2.45) is 0 Å². The van der Waals surface area contributed by atoms with Gasteiger partial charge in [-0.2, -0.15) is 5.26 Å². The van der Waals surface area contributed by atoms with Crippen LogP contribution in [0.5, 0.6) is 0 Å². The Labute approximate surface area is 73.6 Å². The first-order valence-corrected chi connectivity index (χ1v) is 4.19. The molecule has 62 valence electrons. The van der Waals surface area contributed by atoms with E-state index in [0.717, 1.165) is 12.0 Å². The largest absolute Gasteiger partial charge is 0.192 e. The average molecular weight is 159 g/mol. The molecule has 0 N–H and O–H groups in total. The van der Waals surface area contributed by atoms with E-state index in [2.05, 4.69) is 26.8 Å². The summed E-state index contributed by atoms with van der Waals surface area (Å²) in [5.74, 6) is 0. The van der Waals surface area contributed by atoms with E-state index in [0.29, 0.717) is 0 Å². The monoisotopic (exact) mass is 159 g/mol. The standard InChI is InChI=1S/C11H13N/c1-4-11-8(2)5-10(7-12)6-9(11)3/h5-6H,4H2,1-3H3. The molecule has 1 rings (SSSR count). The van der Waals surface area contributed by atoms with Crippen molar-refractivity contribution in [3.63, 3.8) is 0 Å². The number of nitrogens with zero attached hydrogens (tertiary/aromatic N) is 1. The summed E-state index contributed by atoms with van der Waals surface area (Å²) in [6.45, 7) is 6.26. The lowest BCUT2D eigenvalue weighted by Gasteiger charge is -2.06. The molecule has 0 bridgehead atoms. The summed E-state index contributed by atoms with van der Waals surface area (Å²) in [5, 5.41) is 8.70. The first-order valence-electron chi connectivity index (χ1n) is 4.19. The van der Waals surface area contributed by atoms with E-state index in [-0.39, 0.29) is 0 Å². The Hall–Kier alpha value is -1.29. The van der Waals surface area contributed by atoms with E-state index in [1.54, 1.807) is 0 Å². The highest BCUT2D eigenvalue weighted by Gasteiger charge is 2.01. The van der Waals surface area contributed by atoms with Crippen LogP contribution in [0.3, 0.4) is 0 Å². The molecule has 0 saturated heterocycles. The number of hydrogen-bond donors (Lipinski definition) is 0. The molecule has 0 aliphatic heterocycles. The number of hydrogen-bond acceptors (Lipinski definition) is 1. The number of benzene rings is 1. The second-order valence-electron chi connectivity index (χ2n) is 3.05. The lowest BCUT2D eigenvalue weighted by molar-refractivity contribution is 1.08. The molecule has 0 amide bonds. The van der Waals surface area contributed by atoms with E-state index >= 15 is 0 Å². The quantitative estimate of drug-likeness (QED) is 0.618. The molecule has 0 radical (unpaired) electrons. The first-order chi connectivity index (χ1) is 5.69. The third kappa shape index (κ3) is 1.48. The Bertz CT molecular complexity index is 308. The summed E-state index contributed by atoms with van der Waals surface area (Å²) >= 11 is 0. The van der Waals surface area contributed by atoms with Crippen molar-refractivity contribution in [3.05, 3.63) is 34.4 Å². The van der Waals surface area contributed by atoms with Crippen LogP contribution in [0.25, 0.3) is 0 Å². The van der Waals surface area contributed by atoms with Gasteiger partial charge in [-0.15, -0.1) is 0 Å². The van der Waals surface area contributed by atoms with Crippen LogP contribution in [0.2, 0.25) is 0 Å². The molecule has 1 aromatic carbocycles. The molecule has 0 heterocycles. The third-order valence-electron chi connectivity index (χ3n) is 2.18. The van der Waals surface area contributed by atoms with Gasteiger partial charge >= 0.3 is 0 Å². The minimum Gasteiger partial charge on any atom is -0.192 e. The molecule has 0 aromatic heterocycles. The zero-order valence-corrected chi connectivity index (χ0v) is 7.81. The zero-order chi connectivity index (χ0) is 9.14. The van der Waals surface area contributed by atoms with E-state index in [1.165, 1.54) is 16.7 Å². The Morgan fingerprint density at radius 2 is 1.75 bits per heavy atom. The molecule has 0 fully saturated rings. The van der Waals surface area contributed by atoms with Crippen LogP contribution in [0, 0.1) is 25.2 Å². The molecular formula is C11H13N. The molecule has 0 aliphatic carbocycles. The number of rotatable bonds is 1. The number of nitriles is 1. The fourth-order valence-corrected chi connectivity index (χ4v) is 1.62. The van der Waals surface area contributed by atoms with Crippen molar-refractivity contribution in [2.75, 3.05) is 0 Å². The van der Waals surface area contributed by atoms with Crippen molar-refractivity contribution in [1.82, 2.24) is 0 Å². The number of aryl methyl sites for hydroxylation is 2. The van der Waals surface area contributed by atoms with Crippen LogP contribution < -0.4 is 0 Å². The summed E-state index contributed by atoms with van der Waals surface area (Å²) in [6, 6.07) is 6.06. The average Bonchev–Trinajstić information content (AvgIpc) is 2.03. The lowest BCUT2D eigenvalue weighted by atomic mass is 9.98. The van der Waals surface area contributed by atoms with Gasteiger partial charge in [0, 0.05) is 0 Å². The summed E-state index contributed by atoms with van der Waals surface area (Å²) in [5.41, 5.74) is 4.60.